The van der Waals surface area contributed by atoms with Crippen LogP contribution in [-0.4, -0.2) is 41.0 Å². The molecular weight excluding hydrogens is 545 g/mol. The zero-order valence-corrected chi connectivity index (χ0v) is 17.8. The molecule has 0 aliphatic carbocycles. The van der Waals surface area contributed by atoms with Gasteiger partial charge in [0.05, 0.1) is 6.61 Å². The fourth-order valence-corrected chi connectivity index (χ4v) is 2.77. The van der Waals surface area contributed by atoms with Crippen molar-refractivity contribution in [1.29, 1.82) is 0 Å². The molecule has 0 aromatic heterocycles. The Kier molecular flexibility index (Phi) is 11.1. The Bertz CT molecular complexity index is 396. The lowest BCUT2D eigenvalue weighted by molar-refractivity contribution is -0.340. The fraction of sp³-hybridized carbons (Fsp3) is 1.00. The summed E-state index contributed by atoms with van der Waals surface area (Å²) in [4.78, 5) is 0. The van der Waals surface area contributed by atoms with Crippen LogP contribution in [0.1, 0.15) is 26.7 Å². The third-order valence-corrected chi connectivity index (χ3v) is 12.5. The quantitative estimate of drug-likeness (QED) is 0.106. The topological polar surface area (TPSA) is 9.23 Å². The molecule has 0 saturated heterocycles. The van der Waals surface area contributed by atoms with E-state index in [1.54, 1.807) is 0 Å². The molecule has 0 N–H and O–H groups in total. The molecule has 1 unspecified atom stereocenters. The Morgan fingerprint density at radius 2 is 1.40 bits per heavy atom. The molecule has 1 nitrogen and oxygen atoms in total. The van der Waals surface area contributed by atoms with Crippen molar-refractivity contribution in [3.05, 3.63) is 0 Å². The molecule has 154 valence electrons. The molecule has 0 fully saturated rings. The molecule has 0 amide bonds. The van der Waals surface area contributed by atoms with Gasteiger partial charge in [-0.2, -0.15) is 26.3 Å². The Morgan fingerprint density at radius 3 is 1.60 bits per heavy atom. The summed E-state index contributed by atoms with van der Waals surface area (Å²) < 4.78 is 112. The monoisotopic (exact) mass is 560 g/mol. The zero-order chi connectivity index (χ0) is 20.9. The highest BCUT2D eigenvalue weighted by Crippen LogP contribution is 2.47. The van der Waals surface area contributed by atoms with Crippen LogP contribution in [0.2, 0.25) is 6.55 Å². The predicted octanol–water partition coefficient (Wildman–Crippen LogP) is 7.13. The first-order valence-electron chi connectivity index (χ1n) is 6.55. The highest BCUT2D eigenvalue weighted by Gasteiger charge is 2.68. The van der Waals surface area contributed by atoms with Crippen molar-refractivity contribution < 1.29 is 44.3 Å². The number of hydrogen-bond donors (Lipinski definition) is 0. The maximum Gasteiger partial charge on any atom is 0.522 e. The van der Waals surface area contributed by atoms with Crippen LogP contribution in [0.25, 0.3) is 0 Å². The van der Waals surface area contributed by atoms with Crippen LogP contribution in [0.4, 0.5) is 39.5 Å². The lowest BCUT2D eigenvalue weighted by Gasteiger charge is -2.30. The van der Waals surface area contributed by atoms with E-state index in [9.17, 15) is 39.5 Å². The van der Waals surface area contributed by atoms with E-state index in [0.717, 1.165) is 6.42 Å². The van der Waals surface area contributed by atoms with E-state index >= 15 is 0 Å². The van der Waals surface area contributed by atoms with Crippen molar-refractivity contribution in [3.63, 3.8) is 0 Å². The van der Waals surface area contributed by atoms with Gasteiger partial charge in [-0.25, -0.2) is 0 Å². The van der Waals surface area contributed by atoms with Gasteiger partial charge >= 0.3 is 24.1 Å². The van der Waals surface area contributed by atoms with Gasteiger partial charge in [0, 0.05) is 16.9 Å². The maximum atomic E-state index is 12.6. The van der Waals surface area contributed by atoms with Gasteiger partial charge in [0.2, 0.25) is 0 Å². The maximum absolute atomic E-state index is 12.6. The minimum absolute atomic E-state index is 0.453. The predicted molar refractivity (Wildman–Crippen MR) is 88.6 cm³/mol. The number of rotatable bonds is 7. The van der Waals surface area contributed by atoms with Crippen LogP contribution in [0.3, 0.4) is 0 Å². The van der Waals surface area contributed by atoms with Crippen molar-refractivity contribution in [2.75, 3.05) is 6.61 Å². The molecule has 0 spiro atoms. The van der Waals surface area contributed by atoms with E-state index in [4.69, 9.17) is 22.2 Å². The second-order valence-electron chi connectivity index (χ2n) is 5.04. The van der Waals surface area contributed by atoms with Gasteiger partial charge in [0.1, 0.15) is 0 Å². The molecule has 0 aliphatic rings. The van der Waals surface area contributed by atoms with E-state index in [2.05, 4.69) is 34.3 Å². The average Bonchev–Trinajstić information content (AvgIpc) is 2.33. The van der Waals surface area contributed by atoms with Crippen LogP contribution in [-0.2, 0) is 4.74 Å². The van der Waals surface area contributed by atoms with Crippen molar-refractivity contribution >= 4 is 51.4 Å². The van der Waals surface area contributed by atoms with Crippen molar-refractivity contribution in [2.45, 2.75) is 60.9 Å². The molecule has 0 aromatic carbocycles. The Hall–Kier alpha value is 0.857. The van der Waals surface area contributed by atoms with Crippen LogP contribution in [0, 0.1) is 0 Å². The van der Waals surface area contributed by atoms with Gasteiger partial charge in [-0.1, -0.05) is 29.5 Å². The zero-order valence-electron chi connectivity index (χ0n) is 13.1. The Morgan fingerprint density at radius 1 is 1.00 bits per heavy atom. The number of ether oxygens (including phenoxy) is 1. The highest BCUT2D eigenvalue weighted by molar-refractivity contribution is 14.1. The summed E-state index contributed by atoms with van der Waals surface area (Å²) in [5.74, 6) is -16.1. The third kappa shape index (κ3) is 10.7. The van der Waals surface area contributed by atoms with Crippen molar-refractivity contribution in [3.8, 4) is 0 Å². The lowest BCUT2D eigenvalue weighted by atomic mass is 10.0. The Labute approximate surface area is 163 Å². The van der Waals surface area contributed by atoms with Crippen LogP contribution < -0.4 is 0 Å². The largest absolute Gasteiger partial charge is 0.522 e. The summed E-state index contributed by atoms with van der Waals surface area (Å²) in [7, 11) is 0. The molecule has 0 heterocycles. The van der Waals surface area contributed by atoms with Gasteiger partial charge in [-0.3, -0.25) is 4.74 Å². The molecule has 25 heavy (non-hydrogen) atoms. The van der Waals surface area contributed by atoms with E-state index in [0.29, 0.717) is 3.55 Å². The summed E-state index contributed by atoms with van der Waals surface area (Å²) in [6.07, 6.45) is -6.39. The van der Waals surface area contributed by atoms with E-state index in [1.165, 1.54) is 0 Å². The molecule has 0 saturated carbocycles. The van der Waals surface area contributed by atoms with Crippen molar-refractivity contribution in [2.24, 2.45) is 0 Å². The Balaban J connectivity index is 0. The summed E-state index contributed by atoms with van der Waals surface area (Å²) in [5, 5.41) is 0. The molecule has 0 bridgehead atoms. The van der Waals surface area contributed by atoms with Gasteiger partial charge in [-0.15, -0.1) is 35.3 Å². The minimum Gasteiger partial charge on any atom is -0.292 e. The van der Waals surface area contributed by atoms with Crippen LogP contribution in [0.15, 0.2) is 0 Å². The molecule has 1 atom stereocenters. The molecule has 0 rings (SSSR count). The summed E-state index contributed by atoms with van der Waals surface area (Å²) in [6.45, 7) is -0.0681. The first-order valence-corrected chi connectivity index (χ1v) is 12.4. The van der Waals surface area contributed by atoms with Gasteiger partial charge in [0.15, 0.2) is 0 Å². The fourth-order valence-electron chi connectivity index (χ4n) is 1.13. The number of alkyl halides is 10. The first-order chi connectivity index (χ1) is 10.7. The second kappa shape index (κ2) is 9.87. The van der Waals surface area contributed by atoms with Gasteiger partial charge in [-0.05, 0) is 13.0 Å². The van der Waals surface area contributed by atoms with Crippen LogP contribution >= 0.6 is 44.7 Å². The normalized spacial score (nSPS) is 15.5. The lowest BCUT2D eigenvalue weighted by Crippen LogP contribution is -2.53. The number of halogens is 12. The SMILES string of the molecule is CC(F)(F)C(F)(F)C(F)(F)CCOC(F)(F)F.CCC(I)[Si](C)(Cl)Cl. The summed E-state index contributed by atoms with van der Waals surface area (Å²) >= 11 is 14.1. The third-order valence-electron chi connectivity index (χ3n) is 2.60. The van der Waals surface area contributed by atoms with Gasteiger partial charge < -0.3 is 0 Å². The molecule has 0 aromatic rings. The summed E-state index contributed by atoms with van der Waals surface area (Å²) in [5.41, 5.74) is 0. The molecule has 14 heteroatoms. The standard InChI is InChI=1S/C7H7F9O.C4H9Cl2ISi/c1-4(8,9)6(12,13)5(10,11)2-3-17-7(14,15)16;1-3-4(7)8(2,5)6/h2-3H2,1H3;4H,3H2,1-2H3. The molecule has 0 aliphatic heterocycles. The van der Waals surface area contributed by atoms with Crippen LogP contribution in [0.5, 0.6) is 0 Å². The smallest absolute Gasteiger partial charge is 0.292 e. The van der Waals surface area contributed by atoms with E-state index in [-0.39, 0.29) is 0 Å². The first kappa shape index (κ1) is 28.1. The summed E-state index contributed by atoms with van der Waals surface area (Å²) in [6, 6.07) is 0. The minimum atomic E-state index is -5.76. The highest BCUT2D eigenvalue weighted by atomic mass is 127. The molecule has 0 radical (unpaired) electrons. The second-order valence-corrected chi connectivity index (χ2v) is 15.6. The van der Waals surface area contributed by atoms with E-state index in [1.807, 2.05) is 6.55 Å². The van der Waals surface area contributed by atoms with Crippen molar-refractivity contribution in [1.82, 2.24) is 0 Å². The molecular formula is C11H16Cl2F9IOSi. The average molecular weight is 561 g/mol. The van der Waals surface area contributed by atoms with Gasteiger partial charge in [0.25, 0.3) is 6.69 Å². The van der Waals surface area contributed by atoms with E-state index < -0.39 is 50.8 Å². The number of hydrogen-bond acceptors (Lipinski definition) is 1.